The Morgan fingerprint density at radius 1 is 0.543 bits per heavy atom. The predicted molar refractivity (Wildman–Crippen MR) is 325 cm³/mol. The van der Waals surface area contributed by atoms with Crippen LogP contribution in [0.2, 0.25) is 0 Å². The zero-order valence-electron chi connectivity index (χ0n) is 55.0. The molecule has 81 heavy (non-hydrogen) atoms. The van der Waals surface area contributed by atoms with E-state index >= 15 is 0 Å². The van der Waals surface area contributed by atoms with Crippen LogP contribution in [-0.4, -0.2) is 84.4 Å². The molecular weight excluding hydrogens is 1100 g/mol. The van der Waals surface area contributed by atoms with E-state index in [-0.39, 0.29) is 109 Å². The summed E-state index contributed by atoms with van der Waals surface area (Å²) < 4.78 is 15.2. The van der Waals surface area contributed by atoms with Gasteiger partial charge in [0.2, 0.25) is 0 Å². The Kier molecular flexibility index (Phi) is 22.0. The van der Waals surface area contributed by atoms with Gasteiger partial charge in [-0.05, 0) is 256 Å². The van der Waals surface area contributed by atoms with Gasteiger partial charge < -0.3 is 34.6 Å². The summed E-state index contributed by atoms with van der Waals surface area (Å²) in [4.78, 5) is 21.7. The molecule has 0 amide bonds. The van der Waals surface area contributed by atoms with Gasteiger partial charge in [0.15, 0.2) is 0 Å². The first-order chi connectivity index (χ1) is 36.9. The van der Waals surface area contributed by atoms with Gasteiger partial charge in [0.25, 0.3) is 0 Å². The smallest absolute Gasteiger partial charge is 0.850 e. The number of methoxy groups -OCH3 is 2. The quantitative estimate of drug-likeness (QED) is 0.0936. The second-order valence-corrected chi connectivity index (χ2v) is 33.5. The van der Waals surface area contributed by atoms with Crippen molar-refractivity contribution in [1.29, 1.82) is 0 Å². The topological polar surface area (TPSA) is 146 Å². The second kappa shape index (κ2) is 25.3. The second-order valence-electron chi connectivity index (χ2n) is 32.9. The van der Waals surface area contributed by atoms with Crippen molar-refractivity contribution in [2.75, 3.05) is 39.4 Å². The molecule has 460 valence electrons. The summed E-state index contributed by atoms with van der Waals surface area (Å²) in [5.41, 5.74) is 4.29. The zero-order chi connectivity index (χ0) is 59.8. The van der Waals surface area contributed by atoms with Crippen LogP contribution in [0.15, 0.2) is 24.3 Å². The van der Waals surface area contributed by atoms with Crippen LogP contribution in [-0.2, 0) is 23.8 Å². The third kappa shape index (κ3) is 12.0. The number of rotatable bonds is 8. The molecule has 0 saturated heterocycles. The monoisotopic (exact) mass is 1220 g/mol. The van der Waals surface area contributed by atoms with Crippen LogP contribution in [0.1, 0.15) is 232 Å². The van der Waals surface area contributed by atoms with Crippen molar-refractivity contribution in [3.63, 3.8) is 0 Å². The summed E-state index contributed by atoms with van der Waals surface area (Å²) in [7, 11) is 2.79. The SMILES string of the molecule is C=C(C)[C@@H]1CC[C@]2(CO)CC[C@]3(C)C(CCC4[C@@]5(C)CC[C@H](O)C(C)(C)C5CC[C@]43C)C12.C=C(C)[C@@H]1CC[C@]2(COCC(=O)OC)CC[C@]3(C)C(CCC4[C@@]5(C)CC[C@H](O)C(C)(C)C5CC[C@]43C)C12.CC(C)(C)[O-].COC(=O)CBr.[K+]. The van der Waals surface area contributed by atoms with E-state index in [0.717, 1.165) is 30.6 Å². The molecular formula is C70H118BrKO9. The van der Waals surface area contributed by atoms with Crippen molar-refractivity contribution in [3.8, 4) is 0 Å². The normalized spacial score (nSPS) is 46.6. The fraction of sp³-hybridized carbons (Fsp3) is 0.914. The minimum Gasteiger partial charge on any atom is -0.850 e. The first kappa shape index (κ1) is 70.4. The molecule has 10 saturated carbocycles. The Labute approximate surface area is 545 Å². The van der Waals surface area contributed by atoms with Gasteiger partial charge in [0.1, 0.15) is 11.9 Å². The molecule has 0 aromatic carbocycles. The van der Waals surface area contributed by atoms with Gasteiger partial charge in [0.05, 0.1) is 33.0 Å². The largest absolute Gasteiger partial charge is 1.00 e. The molecule has 10 rings (SSSR count). The maximum Gasteiger partial charge on any atom is 1.00 e. The fourth-order valence-corrected chi connectivity index (χ4v) is 23.8. The van der Waals surface area contributed by atoms with Crippen LogP contribution in [0.5, 0.6) is 0 Å². The molecule has 10 aliphatic carbocycles. The number of carbonyl (C=O) groups is 2. The van der Waals surface area contributed by atoms with Gasteiger partial charge in [-0.1, -0.05) is 130 Å². The van der Waals surface area contributed by atoms with Gasteiger partial charge in [-0.25, -0.2) is 4.79 Å². The van der Waals surface area contributed by atoms with E-state index in [1.54, 1.807) is 20.8 Å². The summed E-state index contributed by atoms with van der Waals surface area (Å²) in [5.74, 6) is 5.96. The van der Waals surface area contributed by atoms with Crippen LogP contribution < -0.4 is 56.5 Å². The maximum absolute atomic E-state index is 11.8. The third-order valence-corrected chi connectivity index (χ3v) is 28.4. The molecule has 10 aliphatic rings. The van der Waals surface area contributed by atoms with E-state index in [4.69, 9.17) is 9.47 Å². The number of halogens is 1. The number of fused-ring (bicyclic) bond motifs is 14. The molecule has 11 heteroatoms. The van der Waals surface area contributed by atoms with E-state index < -0.39 is 5.60 Å². The number of allylic oxidation sites excluding steroid dienone is 2. The zero-order valence-corrected chi connectivity index (χ0v) is 59.7. The molecule has 20 atom stereocenters. The average molecular weight is 1220 g/mol. The van der Waals surface area contributed by atoms with Crippen molar-refractivity contribution in [2.45, 2.75) is 250 Å². The summed E-state index contributed by atoms with van der Waals surface area (Å²) >= 11 is 2.90. The first-order valence-electron chi connectivity index (χ1n) is 32.2. The summed E-state index contributed by atoms with van der Waals surface area (Å²) in [5, 5.41) is 42.9. The fourth-order valence-electron chi connectivity index (χ4n) is 23.5. The Balaban J connectivity index is 0.000000219. The van der Waals surface area contributed by atoms with E-state index in [1.165, 1.54) is 141 Å². The first-order valence-corrected chi connectivity index (χ1v) is 33.3. The van der Waals surface area contributed by atoms with E-state index in [1.807, 2.05) is 0 Å². The van der Waals surface area contributed by atoms with Crippen LogP contribution in [0.4, 0.5) is 0 Å². The molecule has 10 fully saturated rings. The van der Waals surface area contributed by atoms with Crippen LogP contribution >= 0.6 is 15.9 Å². The van der Waals surface area contributed by atoms with Gasteiger partial charge in [0, 0.05) is 6.61 Å². The van der Waals surface area contributed by atoms with E-state index in [0.29, 0.717) is 87.1 Å². The number of hydrogen-bond donors (Lipinski definition) is 3. The standard InChI is InChI=1S/C33H54O4.C30H50O2.C4H9O.C3H5BrO2.K/c1-21(2)22-11-16-33(20-37-19-27(35)36-8)18-17-31(6)23(28(22)33)9-10-25-30(5)14-13-26(34)29(3,4)24(30)12-15-32(25,31)7;1-19(2)20-10-15-30(18-31)17-16-28(6)21(25(20)30)8-9-23-27(5)13-12-24(32)26(3,4)22(27)11-14-29(23,28)7;1-4(2,3)5;1-6-3(5)2-4;/h22-26,28,34H,1,9-20H2,2-8H3;20-25,31-32H,1,8-18H2,2-7H3;1-3H3;2H2,1H3;/q;;-1;;+1/t22-,23?,24?,25?,26-,28?,30-,31+,32+,33+;20-,21?,22?,23?,24-,25?,27-,28+,29+,30+;;;/m00.../s1. The predicted octanol–water partition coefficient (Wildman–Crippen LogP) is 11.9. The maximum atomic E-state index is 11.8. The minimum absolute atomic E-state index is 0. The number of aliphatic hydroxyl groups excluding tert-OH is 3. The minimum atomic E-state index is -0.750. The Hall–Kier alpha value is 0.336. The molecule has 0 bridgehead atoms. The summed E-state index contributed by atoms with van der Waals surface area (Å²) in [6.07, 6.45) is 24.2. The Morgan fingerprint density at radius 2 is 0.926 bits per heavy atom. The number of alkyl halides is 1. The number of esters is 2. The number of carbonyl (C=O) groups excluding carboxylic acids is 2. The molecule has 0 aliphatic heterocycles. The van der Waals surface area contributed by atoms with Crippen LogP contribution in [0.3, 0.4) is 0 Å². The van der Waals surface area contributed by atoms with E-state index in [9.17, 15) is 30.0 Å². The van der Waals surface area contributed by atoms with Gasteiger partial charge in [-0.2, -0.15) is 0 Å². The molecule has 3 N–H and O–H groups in total. The molecule has 0 aromatic rings. The van der Waals surface area contributed by atoms with Crippen molar-refractivity contribution >= 4 is 27.9 Å². The van der Waals surface area contributed by atoms with E-state index in [2.05, 4.69) is 117 Å². The molecule has 8 unspecified atom stereocenters. The van der Waals surface area contributed by atoms with Crippen LogP contribution in [0, 0.1) is 113 Å². The summed E-state index contributed by atoms with van der Waals surface area (Å²) in [6.45, 7) is 44.7. The van der Waals surface area contributed by atoms with Gasteiger partial charge in [-0.3, -0.25) is 4.79 Å². The molecule has 0 heterocycles. The van der Waals surface area contributed by atoms with Gasteiger partial charge in [-0.15, -0.1) is 5.60 Å². The number of aliphatic hydroxyl groups is 3. The molecule has 0 aromatic heterocycles. The van der Waals surface area contributed by atoms with Gasteiger partial charge >= 0.3 is 63.3 Å². The Morgan fingerprint density at radius 3 is 1.28 bits per heavy atom. The third-order valence-electron chi connectivity index (χ3n) is 27.9. The molecule has 0 radical (unpaired) electrons. The number of ether oxygens (including phenoxy) is 3. The van der Waals surface area contributed by atoms with Crippen molar-refractivity contribution in [3.05, 3.63) is 24.3 Å². The number of hydrogen-bond acceptors (Lipinski definition) is 9. The van der Waals surface area contributed by atoms with Crippen molar-refractivity contribution < 1.29 is 95.6 Å². The molecule has 0 spiro atoms. The summed E-state index contributed by atoms with van der Waals surface area (Å²) in [6, 6.07) is 0. The Bertz CT molecular complexity index is 2230. The average Bonchev–Trinajstić information content (AvgIpc) is 3.97. The van der Waals surface area contributed by atoms with Crippen LogP contribution in [0.25, 0.3) is 0 Å². The van der Waals surface area contributed by atoms with Crippen molar-refractivity contribution in [1.82, 2.24) is 0 Å². The molecule has 9 nitrogen and oxygen atoms in total. The van der Waals surface area contributed by atoms with Crippen molar-refractivity contribution in [2.24, 2.45) is 113 Å².